The van der Waals surface area contributed by atoms with E-state index < -0.39 is 24.7 Å². The number of carbonyl (C=O) groups excluding carboxylic acids is 1. The molecule has 0 radical (unpaired) electrons. The second-order valence-corrected chi connectivity index (χ2v) is 2.68. The Bertz CT molecular complexity index is 198. The van der Waals surface area contributed by atoms with Gasteiger partial charge in [-0.1, -0.05) is 12.2 Å². The molecule has 3 N–H and O–H groups in total. The number of hydrogen-bond acceptors (Lipinski definition) is 2. The first kappa shape index (κ1) is 12.0. The van der Waals surface area contributed by atoms with Gasteiger partial charge in [0.2, 0.25) is 5.91 Å². The SMILES string of the molecule is C=C(C)C(NCC(F)(F)F)C(N)=O. The molecule has 0 aliphatic heterocycles. The summed E-state index contributed by atoms with van der Waals surface area (Å²) in [6.07, 6.45) is -4.36. The van der Waals surface area contributed by atoms with Crippen molar-refractivity contribution in [3.05, 3.63) is 12.2 Å². The molecule has 0 fully saturated rings. The summed E-state index contributed by atoms with van der Waals surface area (Å²) in [6, 6.07) is -1.12. The van der Waals surface area contributed by atoms with Crippen LogP contribution in [0.1, 0.15) is 6.92 Å². The number of rotatable bonds is 4. The number of primary amides is 1. The number of alkyl halides is 3. The van der Waals surface area contributed by atoms with Crippen molar-refractivity contribution in [2.24, 2.45) is 5.73 Å². The largest absolute Gasteiger partial charge is 0.401 e. The molecule has 0 aliphatic carbocycles. The first-order valence-electron chi connectivity index (χ1n) is 3.49. The number of nitrogens with two attached hydrogens (primary N) is 1. The average Bonchev–Trinajstić information content (AvgIpc) is 1.82. The summed E-state index contributed by atoms with van der Waals surface area (Å²) in [7, 11) is 0. The molecule has 0 spiro atoms. The first-order chi connectivity index (χ1) is 5.74. The van der Waals surface area contributed by atoms with Crippen molar-refractivity contribution < 1.29 is 18.0 Å². The van der Waals surface area contributed by atoms with Gasteiger partial charge in [-0.2, -0.15) is 13.2 Å². The summed E-state index contributed by atoms with van der Waals surface area (Å²) in [5.74, 6) is -0.864. The van der Waals surface area contributed by atoms with Crippen molar-refractivity contribution in [3.8, 4) is 0 Å². The van der Waals surface area contributed by atoms with Gasteiger partial charge in [0, 0.05) is 0 Å². The molecule has 1 atom stereocenters. The Morgan fingerprint density at radius 3 is 2.31 bits per heavy atom. The van der Waals surface area contributed by atoms with Crippen molar-refractivity contribution in [2.45, 2.75) is 19.1 Å². The van der Waals surface area contributed by atoms with E-state index in [4.69, 9.17) is 5.73 Å². The van der Waals surface area contributed by atoms with Crippen molar-refractivity contribution in [1.29, 1.82) is 0 Å². The van der Waals surface area contributed by atoms with E-state index >= 15 is 0 Å². The van der Waals surface area contributed by atoms with Crippen LogP contribution in [0, 0.1) is 0 Å². The molecule has 76 valence electrons. The van der Waals surface area contributed by atoms with Crippen LogP contribution in [0.15, 0.2) is 12.2 Å². The summed E-state index contributed by atoms with van der Waals surface area (Å²) in [5, 5.41) is 1.96. The Labute approximate surface area is 73.8 Å². The topological polar surface area (TPSA) is 55.1 Å². The van der Waals surface area contributed by atoms with Crippen LogP contribution in [0.25, 0.3) is 0 Å². The minimum atomic E-state index is -4.36. The fourth-order valence-electron chi connectivity index (χ4n) is 0.735. The maximum absolute atomic E-state index is 11.7. The zero-order valence-electron chi connectivity index (χ0n) is 7.11. The second kappa shape index (κ2) is 4.27. The third kappa shape index (κ3) is 5.24. The molecule has 0 rings (SSSR count). The highest BCUT2D eigenvalue weighted by atomic mass is 19.4. The summed E-state index contributed by atoms with van der Waals surface area (Å²) in [6.45, 7) is 3.52. The Morgan fingerprint density at radius 2 is 2.08 bits per heavy atom. The molecule has 0 saturated carbocycles. The number of hydrogen-bond donors (Lipinski definition) is 2. The smallest absolute Gasteiger partial charge is 0.368 e. The fourth-order valence-corrected chi connectivity index (χ4v) is 0.735. The maximum atomic E-state index is 11.7. The van der Waals surface area contributed by atoms with Gasteiger partial charge in [-0.15, -0.1) is 0 Å². The highest BCUT2D eigenvalue weighted by Gasteiger charge is 2.29. The summed E-state index contributed by atoms with van der Waals surface area (Å²) in [5.41, 5.74) is 5.10. The van der Waals surface area contributed by atoms with Gasteiger partial charge in [-0.25, -0.2) is 0 Å². The van der Waals surface area contributed by atoms with Gasteiger partial charge in [-0.3, -0.25) is 10.1 Å². The second-order valence-electron chi connectivity index (χ2n) is 2.68. The van der Waals surface area contributed by atoms with E-state index in [2.05, 4.69) is 6.58 Å². The molecule has 1 unspecified atom stereocenters. The predicted molar refractivity (Wildman–Crippen MR) is 41.9 cm³/mol. The van der Waals surface area contributed by atoms with E-state index in [1.165, 1.54) is 6.92 Å². The van der Waals surface area contributed by atoms with Crippen LogP contribution >= 0.6 is 0 Å². The van der Waals surface area contributed by atoms with Crippen LogP contribution in [0.5, 0.6) is 0 Å². The van der Waals surface area contributed by atoms with Crippen LogP contribution in [-0.2, 0) is 4.79 Å². The Kier molecular flexibility index (Phi) is 3.93. The summed E-state index contributed by atoms with van der Waals surface area (Å²) < 4.78 is 35.1. The van der Waals surface area contributed by atoms with Crippen molar-refractivity contribution >= 4 is 5.91 Å². The summed E-state index contributed by atoms with van der Waals surface area (Å²) >= 11 is 0. The average molecular weight is 196 g/mol. The molecular weight excluding hydrogens is 185 g/mol. The van der Waals surface area contributed by atoms with Crippen molar-refractivity contribution in [2.75, 3.05) is 6.54 Å². The quantitative estimate of drug-likeness (QED) is 0.646. The molecule has 0 aromatic rings. The van der Waals surface area contributed by atoms with Crippen molar-refractivity contribution in [3.63, 3.8) is 0 Å². The molecule has 1 amide bonds. The Hall–Kier alpha value is -1.04. The van der Waals surface area contributed by atoms with E-state index in [0.29, 0.717) is 0 Å². The maximum Gasteiger partial charge on any atom is 0.401 e. The van der Waals surface area contributed by atoms with E-state index in [9.17, 15) is 18.0 Å². The number of halogens is 3. The fraction of sp³-hybridized carbons (Fsp3) is 0.571. The van der Waals surface area contributed by atoms with Crippen molar-refractivity contribution in [1.82, 2.24) is 5.32 Å². The molecule has 0 saturated heterocycles. The lowest BCUT2D eigenvalue weighted by Crippen LogP contribution is -2.45. The predicted octanol–water partition coefficient (Wildman–Crippen LogP) is 0.568. The number of amides is 1. The molecule has 0 heterocycles. The lowest BCUT2D eigenvalue weighted by molar-refractivity contribution is -0.129. The monoisotopic (exact) mass is 196 g/mol. The van der Waals surface area contributed by atoms with Crippen LogP contribution in [0.4, 0.5) is 13.2 Å². The van der Waals surface area contributed by atoms with Crippen LogP contribution in [-0.4, -0.2) is 24.7 Å². The summed E-state index contributed by atoms with van der Waals surface area (Å²) in [4.78, 5) is 10.6. The van der Waals surface area contributed by atoms with E-state index in [1.54, 1.807) is 0 Å². The van der Waals surface area contributed by atoms with E-state index in [1.807, 2.05) is 5.32 Å². The van der Waals surface area contributed by atoms with Gasteiger partial charge in [-0.05, 0) is 6.92 Å². The molecule has 0 aromatic carbocycles. The van der Waals surface area contributed by atoms with Crippen LogP contribution in [0.3, 0.4) is 0 Å². The van der Waals surface area contributed by atoms with Gasteiger partial charge in [0.05, 0.1) is 6.54 Å². The van der Waals surface area contributed by atoms with E-state index in [0.717, 1.165) is 0 Å². The third-order valence-electron chi connectivity index (χ3n) is 1.28. The molecule has 0 aromatic heterocycles. The minimum Gasteiger partial charge on any atom is -0.368 e. The van der Waals surface area contributed by atoms with Gasteiger partial charge >= 0.3 is 6.18 Å². The Morgan fingerprint density at radius 1 is 1.62 bits per heavy atom. The molecule has 0 aliphatic rings. The molecule has 13 heavy (non-hydrogen) atoms. The minimum absolute atomic E-state index is 0.261. The lowest BCUT2D eigenvalue weighted by atomic mass is 10.1. The molecule has 0 bridgehead atoms. The highest BCUT2D eigenvalue weighted by Crippen LogP contribution is 2.13. The molecule has 6 heteroatoms. The Balaban J connectivity index is 4.14. The highest BCUT2D eigenvalue weighted by molar-refractivity contribution is 5.82. The van der Waals surface area contributed by atoms with Gasteiger partial charge < -0.3 is 5.73 Å². The zero-order valence-corrected chi connectivity index (χ0v) is 7.11. The van der Waals surface area contributed by atoms with Gasteiger partial charge in [0.25, 0.3) is 0 Å². The lowest BCUT2D eigenvalue weighted by Gasteiger charge is -2.16. The van der Waals surface area contributed by atoms with E-state index in [-0.39, 0.29) is 5.57 Å². The number of nitrogens with one attached hydrogen (secondary N) is 1. The number of carbonyl (C=O) groups is 1. The van der Waals surface area contributed by atoms with Gasteiger partial charge in [0.15, 0.2) is 0 Å². The van der Waals surface area contributed by atoms with Crippen LogP contribution < -0.4 is 11.1 Å². The zero-order chi connectivity index (χ0) is 10.6. The van der Waals surface area contributed by atoms with Gasteiger partial charge in [0.1, 0.15) is 6.04 Å². The molecular formula is C7H11F3N2O. The van der Waals surface area contributed by atoms with Crippen LogP contribution in [0.2, 0.25) is 0 Å². The third-order valence-corrected chi connectivity index (χ3v) is 1.28. The molecule has 3 nitrogen and oxygen atoms in total. The standard InChI is InChI=1S/C7H11F3N2O/c1-4(2)5(6(11)13)12-3-7(8,9)10/h5,12H,1,3H2,2H3,(H2,11,13). The normalized spacial score (nSPS) is 13.8. The first-order valence-corrected chi connectivity index (χ1v) is 3.49.